The van der Waals surface area contributed by atoms with Crippen LogP contribution in [-0.2, 0) is 11.2 Å². The molecule has 1 unspecified atom stereocenters. The molecule has 0 radical (unpaired) electrons. The van der Waals surface area contributed by atoms with Gasteiger partial charge in [-0.25, -0.2) is 4.39 Å². The Balaban J connectivity index is 1.57. The second kappa shape index (κ2) is 8.87. The molecule has 31 heavy (non-hydrogen) atoms. The SMILES string of the molecule is COc1ccc(C(Cc2ccc(F)cc2)NC(=O)c2ccc3c(c2)OCC(=O)N3)cc1. The van der Waals surface area contributed by atoms with E-state index in [0.29, 0.717) is 29.2 Å². The number of hydrogen-bond donors (Lipinski definition) is 2. The lowest BCUT2D eigenvalue weighted by Crippen LogP contribution is -2.30. The van der Waals surface area contributed by atoms with E-state index in [1.165, 1.54) is 12.1 Å². The van der Waals surface area contributed by atoms with E-state index in [4.69, 9.17) is 9.47 Å². The van der Waals surface area contributed by atoms with E-state index in [-0.39, 0.29) is 30.3 Å². The van der Waals surface area contributed by atoms with E-state index in [0.717, 1.165) is 11.1 Å². The van der Waals surface area contributed by atoms with E-state index in [9.17, 15) is 14.0 Å². The molecule has 6 nitrogen and oxygen atoms in total. The van der Waals surface area contributed by atoms with Crippen LogP contribution in [0, 0.1) is 5.82 Å². The molecule has 4 rings (SSSR count). The van der Waals surface area contributed by atoms with E-state index < -0.39 is 0 Å². The first-order chi connectivity index (χ1) is 15.0. The lowest BCUT2D eigenvalue weighted by Gasteiger charge is -2.21. The van der Waals surface area contributed by atoms with Crippen molar-refractivity contribution in [3.8, 4) is 11.5 Å². The van der Waals surface area contributed by atoms with Crippen molar-refractivity contribution in [2.45, 2.75) is 12.5 Å². The van der Waals surface area contributed by atoms with Gasteiger partial charge < -0.3 is 20.1 Å². The average molecular weight is 420 g/mol. The summed E-state index contributed by atoms with van der Waals surface area (Å²) in [5.41, 5.74) is 2.72. The number of halogens is 1. The predicted molar refractivity (Wildman–Crippen MR) is 114 cm³/mol. The van der Waals surface area contributed by atoms with Crippen molar-refractivity contribution in [1.29, 1.82) is 0 Å². The average Bonchev–Trinajstić information content (AvgIpc) is 2.79. The maximum Gasteiger partial charge on any atom is 0.262 e. The first-order valence-corrected chi connectivity index (χ1v) is 9.78. The minimum Gasteiger partial charge on any atom is -0.497 e. The predicted octanol–water partition coefficient (Wildman–Crippen LogP) is 3.88. The smallest absolute Gasteiger partial charge is 0.262 e. The van der Waals surface area contributed by atoms with Crippen LogP contribution in [0.2, 0.25) is 0 Å². The monoisotopic (exact) mass is 420 g/mol. The zero-order valence-electron chi connectivity index (χ0n) is 16.9. The van der Waals surface area contributed by atoms with Crippen molar-refractivity contribution >= 4 is 17.5 Å². The quantitative estimate of drug-likeness (QED) is 0.635. The van der Waals surface area contributed by atoms with Crippen LogP contribution in [0.4, 0.5) is 10.1 Å². The van der Waals surface area contributed by atoms with Crippen molar-refractivity contribution in [2.24, 2.45) is 0 Å². The third-order valence-electron chi connectivity index (χ3n) is 5.05. The fraction of sp³-hybridized carbons (Fsp3) is 0.167. The Morgan fingerprint density at radius 3 is 2.58 bits per heavy atom. The van der Waals surface area contributed by atoms with Gasteiger partial charge in [0.2, 0.25) is 0 Å². The van der Waals surface area contributed by atoms with Crippen molar-refractivity contribution in [3.63, 3.8) is 0 Å². The molecule has 2 amide bonds. The van der Waals surface area contributed by atoms with Crippen molar-refractivity contribution in [1.82, 2.24) is 5.32 Å². The highest BCUT2D eigenvalue weighted by Crippen LogP contribution is 2.29. The molecule has 0 saturated carbocycles. The topological polar surface area (TPSA) is 76.7 Å². The first-order valence-electron chi connectivity index (χ1n) is 9.78. The van der Waals surface area contributed by atoms with E-state index in [2.05, 4.69) is 10.6 Å². The number of methoxy groups -OCH3 is 1. The van der Waals surface area contributed by atoms with Gasteiger partial charge in [0.15, 0.2) is 6.61 Å². The van der Waals surface area contributed by atoms with Gasteiger partial charge in [0.25, 0.3) is 11.8 Å². The zero-order valence-corrected chi connectivity index (χ0v) is 16.9. The molecule has 0 bridgehead atoms. The molecule has 1 aliphatic heterocycles. The van der Waals surface area contributed by atoms with Gasteiger partial charge in [-0.1, -0.05) is 24.3 Å². The largest absolute Gasteiger partial charge is 0.497 e. The minimum absolute atomic E-state index is 0.0862. The van der Waals surface area contributed by atoms with Gasteiger partial charge in [-0.2, -0.15) is 0 Å². The van der Waals surface area contributed by atoms with Gasteiger partial charge in [-0.15, -0.1) is 0 Å². The molecule has 158 valence electrons. The molecule has 1 aliphatic rings. The number of carbonyl (C=O) groups is 2. The van der Waals surface area contributed by atoms with Crippen LogP contribution in [0.5, 0.6) is 11.5 Å². The summed E-state index contributed by atoms with van der Waals surface area (Å²) in [7, 11) is 1.59. The van der Waals surface area contributed by atoms with Gasteiger partial charge in [0.1, 0.15) is 17.3 Å². The minimum atomic E-state index is -0.347. The van der Waals surface area contributed by atoms with Crippen LogP contribution in [-0.4, -0.2) is 25.5 Å². The van der Waals surface area contributed by atoms with Gasteiger partial charge >= 0.3 is 0 Å². The molecule has 0 saturated heterocycles. The van der Waals surface area contributed by atoms with Crippen LogP contribution < -0.4 is 20.1 Å². The van der Waals surface area contributed by atoms with Crippen molar-refractivity contribution in [3.05, 3.63) is 89.2 Å². The maximum absolute atomic E-state index is 13.3. The molecule has 0 fully saturated rings. The molecule has 1 atom stereocenters. The van der Waals surface area contributed by atoms with Crippen molar-refractivity contribution < 1.29 is 23.5 Å². The Hall–Kier alpha value is -3.87. The molecule has 7 heteroatoms. The highest BCUT2D eigenvalue weighted by Gasteiger charge is 2.20. The molecule has 0 spiro atoms. The molecular weight excluding hydrogens is 399 g/mol. The fourth-order valence-electron chi connectivity index (χ4n) is 3.40. The fourth-order valence-corrected chi connectivity index (χ4v) is 3.40. The lowest BCUT2D eigenvalue weighted by atomic mass is 9.98. The molecule has 3 aromatic rings. The number of benzene rings is 3. The number of carbonyl (C=O) groups excluding carboxylic acids is 2. The highest BCUT2D eigenvalue weighted by molar-refractivity contribution is 5.99. The van der Waals surface area contributed by atoms with Crippen LogP contribution in [0.15, 0.2) is 66.7 Å². The van der Waals surface area contributed by atoms with Gasteiger partial charge in [0.05, 0.1) is 18.8 Å². The molecule has 0 aliphatic carbocycles. The summed E-state index contributed by atoms with van der Waals surface area (Å²) in [6, 6.07) is 18.2. The van der Waals surface area contributed by atoms with Gasteiger partial charge in [-0.3, -0.25) is 9.59 Å². The van der Waals surface area contributed by atoms with Crippen LogP contribution in [0.25, 0.3) is 0 Å². The Morgan fingerprint density at radius 2 is 1.87 bits per heavy atom. The van der Waals surface area contributed by atoms with Gasteiger partial charge in [0, 0.05) is 5.56 Å². The summed E-state index contributed by atoms with van der Waals surface area (Å²) in [5, 5.41) is 5.75. The van der Waals surface area contributed by atoms with Crippen molar-refractivity contribution in [2.75, 3.05) is 19.0 Å². The number of amides is 2. The second-order valence-electron chi connectivity index (χ2n) is 7.18. The Labute approximate surface area is 179 Å². The lowest BCUT2D eigenvalue weighted by molar-refractivity contribution is -0.118. The molecule has 0 aromatic heterocycles. The van der Waals surface area contributed by atoms with E-state index in [1.54, 1.807) is 37.4 Å². The van der Waals surface area contributed by atoms with E-state index >= 15 is 0 Å². The van der Waals surface area contributed by atoms with Crippen LogP contribution in [0.1, 0.15) is 27.5 Å². The summed E-state index contributed by atoms with van der Waals surface area (Å²) in [5.74, 6) is 0.334. The summed E-state index contributed by atoms with van der Waals surface area (Å²) in [6.45, 7) is -0.0862. The molecule has 1 heterocycles. The standard InChI is InChI=1S/C24H21FN2O4/c1-30-19-9-4-16(5-10-19)21(12-15-2-7-18(25)8-3-15)27-24(29)17-6-11-20-22(13-17)31-14-23(28)26-20/h2-11,13,21H,12,14H2,1H3,(H,26,28)(H,27,29). The normalized spacial score (nSPS) is 13.4. The number of anilines is 1. The molecule has 2 N–H and O–H groups in total. The first kappa shape index (κ1) is 20.4. The third-order valence-corrected chi connectivity index (χ3v) is 5.05. The number of ether oxygens (including phenoxy) is 2. The van der Waals surface area contributed by atoms with Crippen LogP contribution >= 0.6 is 0 Å². The maximum atomic E-state index is 13.3. The van der Waals surface area contributed by atoms with Gasteiger partial charge in [-0.05, 0) is 60.0 Å². The highest BCUT2D eigenvalue weighted by atomic mass is 19.1. The number of hydrogen-bond acceptors (Lipinski definition) is 4. The zero-order chi connectivity index (χ0) is 21.8. The van der Waals surface area contributed by atoms with E-state index in [1.807, 2.05) is 24.3 Å². The Bertz CT molecular complexity index is 1100. The Kier molecular flexibility index (Phi) is 5.84. The number of rotatable bonds is 6. The van der Waals surface area contributed by atoms with Crippen LogP contribution in [0.3, 0.4) is 0 Å². The molecular formula is C24H21FN2O4. The summed E-state index contributed by atoms with van der Waals surface area (Å²) in [4.78, 5) is 24.4. The molecule has 3 aromatic carbocycles. The number of nitrogens with one attached hydrogen (secondary N) is 2. The summed E-state index contributed by atoms with van der Waals surface area (Å²) in [6.07, 6.45) is 0.482. The Morgan fingerprint density at radius 1 is 1.13 bits per heavy atom. The summed E-state index contributed by atoms with van der Waals surface area (Å²) >= 11 is 0. The summed E-state index contributed by atoms with van der Waals surface area (Å²) < 4.78 is 23.9. The third kappa shape index (κ3) is 4.83. The number of fused-ring (bicyclic) bond motifs is 1. The second-order valence-corrected chi connectivity index (χ2v) is 7.18.